The van der Waals surface area contributed by atoms with Crippen LogP contribution in [-0.2, 0) is 9.53 Å². The van der Waals surface area contributed by atoms with Crippen molar-refractivity contribution in [1.82, 2.24) is 5.32 Å². The number of hydrogen-bond acceptors (Lipinski definition) is 4. The third-order valence-electron chi connectivity index (χ3n) is 6.18. The van der Waals surface area contributed by atoms with Crippen LogP contribution in [0.25, 0.3) is 11.1 Å². The Bertz CT molecular complexity index is 1190. The molecule has 3 aromatic rings. The Morgan fingerprint density at radius 2 is 1.60 bits per heavy atom. The number of fused-ring (bicyclic) bond motifs is 3. The lowest BCUT2D eigenvalue weighted by atomic mass is 9.98. The van der Waals surface area contributed by atoms with Crippen molar-refractivity contribution < 1.29 is 24.2 Å². The Morgan fingerprint density at radius 3 is 2.23 bits per heavy atom. The molecule has 7 heteroatoms. The summed E-state index contributed by atoms with van der Waals surface area (Å²) in [6.07, 6.45) is 1.36. The van der Waals surface area contributed by atoms with Crippen molar-refractivity contribution >= 4 is 23.7 Å². The molecular weight excluding hydrogens is 444 g/mol. The molecule has 0 spiro atoms. The first-order valence-electron chi connectivity index (χ1n) is 11.7. The second-order valence-corrected chi connectivity index (χ2v) is 8.54. The summed E-state index contributed by atoms with van der Waals surface area (Å²) in [5.74, 6) is -1.58. The third kappa shape index (κ3) is 5.51. The molecule has 0 saturated carbocycles. The van der Waals surface area contributed by atoms with Crippen LogP contribution in [0.1, 0.15) is 53.6 Å². The van der Waals surface area contributed by atoms with Crippen molar-refractivity contribution in [3.8, 4) is 11.1 Å². The van der Waals surface area contributed by atoms with Gasteiger partial charge in [-0.3, -0.25) is 4.79 Å². The summed E-state index contributed by atoms with van der Waals surface area (Å²) < 4.78 is 5.59. The zero-order valence-corrected chi connectivity index (χ0v) is 19.5. The Labute approximate surface area is 204 Å². The highest BCUT2D eigenvalue weighted by Gasteiger charge is 2.29. The summed E-state index contributed by atoms with van der Waals surface area (Å²) in [7, 11) is 0. The van der Waals surface area contributed by atoms with E-state index in [1.807, 2.05) is 43.3 Å². The van der Waals surface area contributed by atoms with Crippen molar-refractivity contribution in [3.05, 3.63) is 89.5 Å². The zero-order valence-electron chi connectivity index (χ0n) is 19.5. The minimum absolute atomic E-state index is 0.0670. The molecule has 0 radical (unpaired) electrons. The molecule has 3 aromatic carbocycles. The van der Waals surface area contributed by atoms with E-state index < -0.39 is 24.0 Å². The number of ether oxygens (including phenoxy) is 1. The molecule has 1 atom stereocenters. The molecule has 7 nitrogen and oxygen atoms in total. The maximum Gasteiger partial charge on any atom is 0.407 e. The fourth-order valence-corrected chi connectivity index (χ4v) is 4.42. The number of carboxylic acids is 1. The highest BCUT2D eigenvalue weighted by atomic mass is 16.5. The number of carbonyl (C=O) groups is 3. The number of hydrogen-bond donors (Lipinski definition) is 3. The number of nitrogens with one attached hydrogen (secondary N) is 2. The summed E-state index contributed by atoms with van der Waals surface area (Å²) in [5.41, 5.74) is 4.92. The molecule has 0 saturated heterocycles. The van der Waals surface area contributed by atoms with E-state index in [4.69, 9.17) is 4.74 Å². The number of alkyl carbamates (subject to hydrolysis) is 1. The number of amides is 2. The van der Waals surface area contributed by atoms with Gasteiger partial charge in [-0.05, 0) is 46.9 Å². The van der Waals surface area contributed by atoms with Crippen molar-refractivity contribution in [3.63, 3.8) is 0 Å². The molecule has 4 rings (SSSR count). The van der Waals surface area contributed by atoms with Gasteiger partial charge in [0, 0.05) is 11.6 Å². The Morgan fingerprint density at radius 1 is 0.943 bits per heavy atom. The van der Waals surface area contributed by atoms with Crippen LogP contribution in [0.15, 0.2) is 72.8 Å². The summed E-state index contributed by atoms with van der Waals surface area (Å²) in [6.45, 7) is 2.15. The lowest BCUT2D eigenvalue weighted by Crippen LogP contribution is -2.44. The van der Waals surface area contributed by atoms with Gasteiger partial charge in [0.1, 0.15) is 12.6 Å². The van der Waals surface area contributed by atoms with Crippen molar-refractivity contribution in [2.24, 2.45) is 0 Å². The van der Waals surface area contributed by atoms with Crippen molar-refractivity contribution in [1.29, 1.82) is 0 Å². The number of anilines is 1. The molecule has 0 fully saturated rings. The van der Waals surface area contributed by atoms with Gasteiger partial charge in [-0.2, -0.15) is 0 Å². The van der Waals surface area contributed by atoms with Gasteiger partial charge in [-0.1, -0.05) is 74.4 Å². The van der Waals surface area contributed by atoms with Gasteiger partial charge in [0.2, 0.25) is 5.91 Å². The molecule has 1 aliphatic carbocycles. The standard InChI is InChI=1S/C28H28N2O5/c1-2-3-15-25(26(31)29-19-10-8-9-18(16-19)27(32)33)30-28(34)35-17-24-22-13-6-4-11-20(22)21-12-5-7-14-23(21)24/h4-14,16,24-25H,2-3,15,17H2,1H3,(H,29,31)(H,30,34)(H,32,33)/t25-/m0/s1. The summed E-state index contributed by atoms with van der Waals surface area (Å²) in [5, 5.41) is 14.6. The Balaban J connectivity index is 1.41. The number of carbonyl (C=O) groups excluding carboxylic acids is 2. The monoisotopic (exact) mass is 472 g/mol. The third-order valence-corrected chi connectivity index (χ3v) is 6.18. The predicted octanol–water partition coefficient (Wildman–Crippen LogP) is 5.42. The molecule has 0 bridgehead atoms. The van der Waals surface area contributed by atoms with E-state index in [0.717, 1.165) is 35.1 Å². The second kappa shape index (κ2) is 10.9. The molecule has 2 amide bonds. The predicted molar refractivity (Wildman–Crippen MR) is 134 cm³/mol. The first kappa shape index (κ1) is 24.0. The number of aromatic carboxylic acids is 1. The maximum absolute atomic E-state index is 12.9. The van der Waals surface area contributed by atoms with E-state index in [0.29, 0.717) is 12.1 Å². The van der Waals surface area contributed by atoms with Gasteiger partial charge in [-0.25, -0.2) is 9.59 Å². The molecule has 0 aromatic heterocycles. The molecule has 1 aliphatic rings. The zero-order chi connectivity index (χ0) is 24.8. The normalized spacial score (nSPS) is 12.8. The van der Waals surface area contributed by atoms with Crippen LogP contribution < -0.4 is 10.6 Å². The van der Waals surface area contributed by atoms with Crippen LogP contribution in [0.5, 0.6) is 0 Å². The molecule has 180 valence electrons. The van der Waals surface area contributed by atoms with E-state index in [9.17, 15) is 19.5 Å². The average Bonchev–Trinajstić information content (AvgIpc) is 3.19. The van der Waals surface area contributed by atoms with Gasteiger partial charge in [0.05, 0.1) is 5.56 Å². The molecule has 0 unspecified atom stereocenters. The van der Waals surface area contributed by atoms with Gasteiger partial charge >= 0.3 is 12.1 Å². The summed E-state index contributed by atoms with van der Waals surface area (Å²) in [4.78, 5) is 36.8. The van der Waals surface area contributed by atoms with Gasteiger partial charge in [0.15, 0.2) is 0 Å². The topological polar surface area (TPSA) is 105 Å². The van der Waals surface area contributed by atoms with Crippen LogP contribution in [-0.4, -0.2) is 35.7 Å². The van der Waals surface area contributed by atoms with Gasteiger partial charge in [-0.15, -0.1) is 0 Å². The van der Waals surface area contributed by atoms with E-state index in [-0.39, 0.29) is 18.1 Å². The SMILES string of the molecule is CCCC[C@H](NC(=O)OCC1c2ccccc2-c2ccccc21)C(=O)Nc1cccc(C(=O)O)c1. The highest BCUT2D eigenvalue weighted by Crippen LogP contribution is 2.44. The molecule has 35 heavy (non-hydrogen) atoms. The van der Waals surface area contributed by atoms with E-state index in [2.05, 4.69) is 22.8 Å². The van der Waals surface area contributed by atoms with Crippen molar-refractivity contribution in [2.45, 2.75) is 38.1 Å². The van der Waals surface area contributed by atoms with E-state index >= 15 is 0 Å². The van der Waals surface area contributed by atoms with Crippen LogP contribution in [0, 0.1) is 0 Å². The van der Waals surface area contributed by atoms with Crippen LogP contribution in [0.2, 0.25) is 0 Å². The molecule has 0 heterocycles. The molecule has 3 N–H and O–H groups in total. The molecule has 0 aliphatic heterocycles. The van der Waals surface area contributed by atoms with Crippen LogP contribution in [0.3, 0.4) is 0 Å². The minimum atomic E-state index is -1.08. The average molecular weight is 473 g/mol. The highest BCUT2D eigenvalue weighted by molar-refractivity contribution is 5.98. The van der Waals surface area contributed by atoms with Gasteiger partial charge < -0.3 is 20.5 Å². The second-order valence-electron chi connectivity index (χ2n) is 8.54. The maximum atomic E-state index is 12.9. The largest absolute Gasteiger partial charge is 0.478 e. The van der Waals surface area contributed by atoms with E-state index in [1.165, 1.54) is 12.1 Å². The smallest absolute Gasteiger partial charge is 0.407 e. The van der Waals surface area contributed by atoms with Crippen LogP contribution in [0.4, 0.5) is 10.5 Å². The fourth-order valence-electron chi connectivity index (χ4n) is 4.42. The Kier molecular flexibility index (Phi) is 7.45. The number of benzene rings is 3. The summed E-state index contributed by atoms with van der Waals surface area (Å²) in [6, 6.07) is 21.3. The fraction of sp³-hybridized carbons (Fsp3) is 0.250. The van der Waals surface area contributed by atoms with E-state index in [1.54, 1.807) is 12.1 Å². The lowest BCUT2D eigenvalue weighted by Gasteiger charge is -2.20. The van der Waals surface area contributed by atoms with Crippen LogP contribution >= 0.6 is 0 Å². The first-order chi connectivity index (χ1) is 17.0. The minimum Gasteiger partial charge on any atom is -0.478 e. The summed E-state index contributed by atoms with van der Waals surface area (Å²) >= 11 is 0. The number of rotatable bonds is 9. The van der Waals surface area contributed by atoms with Gasteiger partial charge in [0.25, 0.3) is 0 Å². The first-order valence-corrected chi connectivity index (χ1v) is 11.7. The Hall–Kier alpha value is -4.13. The number of unbranched alkanes of at least 4 members (excludes halogenated alkanes) is 1. The number of carboxylic acid groups (broad SMARTS) is 1. The van der Waals surface area contributed by atoms with Crippen molar-refractivity contribution in [2.75, 3.05) is 11.9 Å². The lowest BCUT2D eigenvalue weighted by molar-refractivity contribution is -0.118. The molecular formula is C28H28N2O5. The quantitative estimate of drug-likeness (QED) is 0.386.